The highest BCUT2D eigenvalue weighted by molar-refractivity contribution is 8.00. The van der Waals surface area contributed by atoms with Gasteiger partial charge in [0.1, 0.15) is 11.2 Å². The summed E-state index contributed by atoms with van der Waals surface area (Å²) in [6, 6.07) is 11.2. The fourth-order valence-electron chi connectivity index (χ4n) is 2.29. The number of amides is 1. The molecule has 21 heavy (non-hydrogen) atoms. The molecule has 0 N–H and O–H groups in total. The van der Waals surface area contributed by atoms with Gasteiger partial charge in [-0.25, -0.2) is 4.39 Å². The van der Waals surface area contributed by atoms with E-state index in [-0.39, 0.29) is 17.1 Å². The molecular weight excluding hydrogens is 332 g/mol. The van der Waals surface area contributed by atoms with Gasteiger partial charge in [-0.15, -0.1) is 11.8 Å². The Morgan fingerprint density at radius 3 is 2.52 bits per heavy atom. The van der Waals surface area contributed by atoms with Crippen LogP contribution < -0.4 is 4.90 Å². The minimum atomic E-state index is -0.323. The zero-order chi connectivity index (χ0) is 15.0. The van der Waals surface area contributed by atoms with Crippen molar-refractivity contribution in [2.45, 2.75) is 5.37 Å². The first kappa shape index (κ1) is 14.7. The van der Waals surface area contributed by atoms with Gasteiger partial charge in [-0.3, -0.25) is 9.69 Å². The minimum Gasteiger partial charge on any atom is -0.295 e. The van der Waals surface area contributed by atoms with E-state index in [1.807, 2.05) is 0 Å². The Morgan fingerprint density at radius 1 is 1.14 bits per heavy atom. The molecule has 1 atom stereocenters. The summed E-state index contributed by atoms with van der Waals surface area (Å²) in [5.74, 6) is -0.0326. The first-order valence-corrected chi connectivity index (χ1v) is 8.00. The standard InChI is InChI=1S/C15H10Cl2FNOS/c16-10-5-11(17)7-13(6-10)19-14(20)8-21-15(19)9-2-1-3-12(18)4-9/h1-7,15H,8H2. The van der Waals surface area contributed by atoms with Crippen LogP contribution in [0.4, 0.5) is 10.1 Å². The van der Waals surface area contributed by atoms with Gasteiger partial charge in [0.05, 0.1) is 5.75 Å². The Kier molecular flexibility index (Phi) is 4.11. The molecule has 0 bridgehead atoms. The van der Waals surface area contributed by atoms with Crippen molar-refractivity contribution in [2.75, 3.05) is 10.7 Å². The molecule has 1 amide bonds. The molecule has 6 heteroatoms. The first-order chi connectivity index (χ1) is 10.0. The zero-order valence-corrected chi connectivity index (χ0v) is 13.1. The van der Waals surface area contributed by atoms with E-state index in [0.29, 0.717) is 21.5 Å². The Hall–Kier alpha value is -1.23. The Balaban J connectivity index is 2.03. The Labute approximate surface area is 135 Å². The van der Waals surface area contributed by atoms with E-state index < -0.39 is 0 Å². The van der Waals surface area contributed by atoms with Crippen LogP contribution in [0.15, 0.2) is 42.5 Å². The molecule has 1 saturated heterocycles. The summed E-state index contributed by atoms with van der Waals surface area (Å²) in [7, 11) is 0. The summed E-state index contributed by atoms with van der Waals surface area (Å²) in [4.78, 5) is 13.8. The van der Waals surface area contributed by atoms with Gasteiger partial charge in [0.25, 0.3) is 0 Å². The Morgan fingerprint density at radius 2 is 1.86 bits per heavy atom. The molecule has 2 nitrogen and oxygen atoms in total. The molecule has 3 rings (SSSR count). The number of thioether (sulfide) groups is 1. The molecule has 1 heterocycles. The second-order valence-corrected chi connectivity index (χ2v) is 6.55. The highest BCUT2D eigenvalue weighted by atomic mass is 35.5. The summed E-state index contributed by atoms with van der Waals surface area (Å²) in [5, 5.41) is 0.642. The lowest BCUT2D eigenvalue weighted by atomic mass is 10.2. The van der Waals surface area contributed by atoms with Crippen molar-refractivity contribution < 1.29 is 9.18 Å². The predicted molar refractivity (Wildman–Crippen MR) is 85.5 cm³/mol. The van der Waals surface area contributed by atoms with Gasteiger partial charge in [0.2, 0.25) is 5.91 Å². The molecule has 0 spiro atoms. The minimum absolute atomic E-state index is 0.0485. The van der Waals surface area contributed by atoms with E-state index in [4.69, 9.17) is 23.2 Å². The highest BCUT2D eigenvalue weighted by Gasteiger charge is 2.34. The number of benzene rings is 2. The van der Waals surface area contributed by atoms with Crippen LogP contribution in [-0.2, 0) is 4.79 Å². The number of halogens is 3. The fraction of sp³-hybridized carbons (Fsp3) is 0.133. The number of hydrogen-bond acceptors (Lipinski definition) is 2. The summed E-state index contributed by atoms with van der Waals surface area (Å²) < 4.78 is 13.4. The molecule has 108 valence electrons. The highest BCUT2D eigenvalue weighted by Crippen LogP contribution is 2.43. The number of rotatable bonds is 2. The van der Waals surface area contributed by atoms with Crippen molar-refractivity contribution in [3.8, 4) is 0 Å². The molecule has 0 saturated carbocycles. The average molecular weight is 342 g/mol. The van der Waals surface area contributed by atoms with E-state index in [2.05, 4.69) is 0 Å². The van der Waals surface area contributed by atoms with Crippen molar-refractivity contribution in [1.82, 2.24) is 0 Å². The normalized spacial score (nSPS) is 18.3. The Bertz CT molecular complexity index is 690. The van der Waals surface area contributed by atoms with E-state index in [1.165, 1.54) is 23.9 Å². The van der Waals surface area contributed by atoms with Crippen LogP contribution in [0.25, 0.3) is 0 Å². The number of hydrogen-bond donors (Lipinski definition) is 0. The van der Waals surface area contributed by atoms with Gasteiger partial charge in [0, 0.05) is 15.7 Å². The van der Waals surface area contributed by atoms with Crippen LogP contribution in [0.2, 0.25) is 10.0 Å². The molecule has 1 aliphatic heterocycles. The molecule has 0 radical (unpaired) electrons. The smallest absolute Gasteiger partial charge is 0.238 e. The molecule has 0 aliphatic carbocycles. The van der Waals surface area contributed by atoms with Crippen LogP contribution >= 0.6 is 35.0 Å². The molecule has 1 fully saturated rings. The maximum atomic E-state index is 13.4. The molecule has 0 aromatic heterocycles. The van der Waals surface area contributed by atoms with Crippen LogP contribution in [-0.4, -0.2) is 11.7 Å². The largest absolute Gasteiger partial charge is 0.295 e. The molecule has 1 aliphatic rings. The number of carbonyl (C=O) groups is 1. The van der Waals surface area contributed by atoms with Crippen molar-refractivity contribution in [3.63, 3.8) is 0 Å². The maximum Gasteiger partial charge on any atom is 0.238 e. The van der Waals surface area contributed by atoms with Crippen molar-refractivity contribution in [3.05, 3.63) is 63.9 Å². The predicted octanol–water partition coefficient (Wildman–Crippen LogP) is 4.91. The molecule has 1 unspecified atom stereocenters. The SMILES string of the molecule is O=C1CSC(c2cccc(F)c2)N1c1cc(Cl)cc(Cl)c1. The summed E-state index contributed by atoms with van der Waals surface area (Å²) >= 11 is 13.5. The second kappa shape index (κ2) is 5.87. The van der Waals surface area contributed by atoms with Gasteiger partial charge in [-0.1, -0.05) is 35.3 Å². The number of anilines is 1. The van der Waals surface area contributed by atoms with E-state index in [0.717, 1.165) is 5.56 Å². The average Bonchev–Trinajstić information content (AvgIpc) is 2.79. The lowest BCUT2D eigenvalue weighted by Crippen LogP contribution is -2.27. The third-order valence-corrected chi connectivity index (χ3v) is 4.78. The number of carbonyl (C=O) groups excluding carboxylic acids is 1. The lowest BCUT2D eigenvalue weighted by Gasteiger charge is -2.24. The van der Waals surface area contributed by atoms with Gasteiger partial charge in [0.15, 0.2) is 0 Å². The van der Waals surface area contributed by atoms with Crippen LogP contribution in [0.5, 0.6) is 0 Å². The third kappa shape index (κ3) is 3.03. The van der Waals surface area contributed by atoms with Gasteiger partial charge in [-0.05, 0) is 35.9 Å². The van der Waals surface area contributed by atoms with E-state index in [9.17, 15) is 9.18 Å². The second-order valence-electron chi connectivity index (χ2n) is 4.61. The fourth-order valence-corrected chi connectivity index (χ4v) is 3.97. The van der Waals surface area contributed by atoms with Gasteiger partial charge in [-0.2, -0.15) is 0 Å². The van der Waals surface area contributed by atoms with Crippen LogP contribution in [0, 0.1) is 5.82 Å². The van der Waals surface area contributed by atoms with Crippen LogP contribution in [0.1, 0.15) is 10.9 Å². The summed E-state index contributed by atoms with van der Waals surface area (Å²) in [6.07, 6.45) is 0. The topological polar surface area (TPSA) is 20.3 Å². The lowest BCUT2D eigenvalue weighted by molar-refractivity contribution is -0.115. The maximum absolute atomic E-state index is 13.4. The molecular formula is C15H10Cl2FNOS. The van der Waals surface area contributed by atoms with Crippen molar-refractivity contribution in [1.29, 1.82) is 0 Å². The van der Waals surface area contributed by atoms with Gasteiger partial charge >= 0.3 is 0 Å². The van der Waals surface area contributed by atoms with Crippen molar-refractivity contribution in [2.24, 2.45) is 0 Å². The molecule has 2 aromatic rings. The number of nitrogens with zero attached hydrogens (tertiary/aromatic N) is 1. The monoisotopic (exact) mass is 341 g/mol. The van der Waals surface area contributed by atoms with E-state index in [1.54, 1.807) is 35.2 Å². The quantitative estimate of drug-likeness (QED) is 0.773. The summed E-state index contributed by atoms with van der Waals surface area (Å²) in [5.41, 5.74) is 1.36. The van der Waals surface area contributed by atoms with Crippen molar-refractivity contribution >= 4 is 46.6 Å². The molecule has 2 aromatic carbocycles. The summed E-state index contributed by atoms with van der Waals surface area (Å²) in [6.45, 7) is 0. The first-order valence-electron chi connectivity index (χ1n) is 6.20. The third-order valence-electron chi connectivity index (χ3n) is 3.13. The zero-order valence-electron chi connectivity index (χ0n) is 10.7. The van der Waals surface area contributed by atoms with Gasteiger partial charge < -0.3 is 0 Å². The van der Waals surface area contributed by atoms with Crippen LogP contribution in [0.3, 0.4) is 0 Å². The van der Waals surface area contributed by atoms with E-state index >= 15 is 0 Å².